The molecule has 0 spiro atoms. The van der Waals surface area contributed by atoms with E-state index in [0.29, 0.717) is 6.04 Å². The van der Waals surface area contributed by atoms with Gasteiger partial charge in [0.05, 0.1) is 19.8 Å². The van der Waals surface area contributed by atoms with Crippen LogP contribution in [0.5, 0.6) is 5.75 Å². The average molecular weight is 345 g/mol. The molecular formula is C20H31N3O2. The molecule has 2 fully saturated rings. The van der Waals surface area contributed by atoms with Gasteiger partial charge in [-0.3, -0.25) is 4.99 Å². The first kappa shape index (κ1) is 18.1. The van der Waals surface area contributed by atoms with E-state index in [2.05, 4.69) is 29.7 Å². The summed E-state index contributed by atoms with van der Waals surface area (Å²) in [6.07, 6.45) is 5.95. The molecule has 0 radical (unpaired) electrons. The summed E-state index contributed by atoms with van der Waals surface area (Å²) in [7, 11) is 1.74. The third-order valence-electron chi connectivity index (χ3n) is 5.45. The molecular weight excluding hydrogens is 314 g/mol. The summed E-state index contributed by atoms with van der Waals surface area (Å²) in [5.41, 5.74) is 1.40. The lowest BCUT2D eigenvalue weighted by molar-refractivity contribution is 0.120. The van der Waals surface area contributed by atoms with Crippen molar-refractivity contribution in [2.24, 2.45) is 4.99 Å². The van der Waals surface area contributed by atoms with Crippen molar-refractivity contribution in [2.45, 2.75) is 63.0 Å². The van der Waals surface area contributed by atoms with Gasteiger partial charge in [0.1, 0.15) is 5.75 Å². The highest BCUT2D eigenvalue weighted by Crippen LogP contribution is 2.51. The smallest absolute Gasteiger partial charge is 0.191 e. The monoisotopic (exact) mass is 345 g/mol. The maximum Gasteiger partial charge on any atom is 0.191 e. The van der Waals surface area contributed by atoms with Crippen LogP contribution in [0.15, 0.2) is 29.3 Å². The van der Waals surface area contributed by atoms with Gasteiger partial charge in [-0.1, -0.05) is 18.2 Å². The normalized spacial score (nSPS) is 25.3. The van der Waals surface area contributed by atoms with Gasteiger partial charge >= 0.3 is 0 Å². The number of rotatable bonds is 6. The first-order chi connectivity index (χ1) is 12.2. The fourth-order valence-electron chi connectivity index (χ4n) is 3.71. The quantitative estimate of drug-likeness (QED) is 0.548. The number of nitrogens with zero attached hydrogens (tertiary/aromatic N) is 1. The van der Waals surface area contributed by atoms with Crippen LogP contribution in [0.4, 0.5) is 0 Å². The summed E-state index contributed by atoms with van der Waals surface area (Å²) in [5, 5.41) is 16.6. The van der Waals surface area contributed by atoms with Crippen LogP contribution in [0, 0.1) is 0 Å². The third-order valence-corrected chi connectivity index (χ3v) is 5.45. The van der Waals surface area contributed by atoms with Gasteiger partial charge < -0.3 is 20.5 Å². The van der Waals surface area contributed by atoms with Gasteiger partial charge in [0, 0.05) is 23.6 Å². The maximum absolute atomic E-state index is 9.67. The van der Waals surface area contributed by atoms with Crippen LogP contribution in [-0.2, 0) is 5.41 Å². The second-order valence-corrected chi connectivity index (χ2v) is 7.33. The molecule has 0 atom stereocenters. The van der Waals surface area contributed by atoms with Crippen LogP contribution in [0.1, 0.15) is 51.0 Å². The Morgan fingerprint density at radius 3 is 2.60 bits per heavy atom. The van der Waals surface area contributed by atoms with E-state index in [1.165, 1.54) is 5.56 Å². The number of hydrogen-bond acceptors (Lipinski definition) is 3. The molecule has 138 valence electrons. The van der Waals surface area contributed by atoms with Crippen LogP contribution in [0.3, 0.4) is 0 Å². The van der Waals surface area contributed by atoms with Crippen LogP contribution >= 0.6 is 0 Å². The molecule has 5 nitrogen and oxygen atoms in total. The molecule has 2 aliphatic carbocycles. The Morgan fingerprint density at radius 2 is 1.96 bits per heavy atom. The number of hydrogen-bond donors (Lipinski definition) is 3. The van der Waals surface area contributed by atoms with Crippen molar-refractivity contribution in [3.05, 3.63) is 29.8 Å². The zero-order valence-corrected chi connectivity index (χ0v) is 15.4. The van der Waals surface area contributed by atoms with E-state index in [1.807, 2.05) is 12.1 Å². The zero-order chi connectivity index (χ0) is 17.7. The molecule has 0 amide bonds. The van der Waals surface area contributed by atoms with E-state index in [9.17, 15) is 5.11 Å². The highest BCUT2D eigenvalue weighted by molar-refractivity contribution is 5.80. The Balaban J connectivity index is 1.66. The standard InChI is InChI=1S/C20H31N3O2/c1-3-21-19(23-15-8-10-16(24)11-9-15)22-14-20(12-13-20)17-6-4-5-7-18(17)25-2/h4-7,15-16,24H,3,8-14H2,1-2H3,(H2,21,22,23). The maximum atomic E-state index is 9.67. The lowest BCUT2D eigenvalue weighted by atomic mass is 9.93. The molecule has 5 heteroatoms. The largest absolute Gasteiger partial charge is 0.496 e. The Kier molecular flexibility index (Phi) is 5.84. The van der Waals surface area contributed by atoms with Gasteiger partial charge in [-0.2, -0.15) is 0 Å². The Labute approximate surface area is 150 Å². The highest BCUT2D eigenvalue weighted by atomic mass is 16.5. The lowest BCUT2D eigenvalue weighted by Gasteiger charge is -2.28. The molecule has 0 bridgehead atoms. The van der Waals surface area contributed by atoms with E-state index in [1.54, 1.807) is 7.11 Å². The first-order valence-electron chi connectivity index (χ1n) is 9.53. The van der Waals surface area contributed by atoms with Crippen molar-refractivity contribution in [3.63, 3.8) is 0 Å². The third kappa shape index (κ3) is 4.46. The molecule has 0 heterocycles. The summed E-state index contributed by atoms with van der Waals surface area (Å²) in [6.45, 7) is 3.72. The Bertz CT molecular complexity index is 590. The number of para-hydroxylation sites is 1. The summed E-state index contributed by atoms with van der Waals surface area (Å²) in [5.74, 6) is 1.86. The molecule has 1 aromatic carbocycles. The van der Waals surface area contributed by atoms with Crippen molar-refractivity contribution in [1.29, 1.82) is 0 Å². The van der Waals surface area contributed by atoms with Gasteiger partial charge in [-0.05, 0) is 51.5 Å². The number of aliphatic hydroxyl groups excluding tert-OH is 1. The summed E-state index contributed by atoms with van der Waals surface area (Å²) in [6, 6.07) is 8.71. The van der Waals surface area contributed by atoms with Crippen LogP contribution in [-0.4, -0.2) is 43.4 Å². The van der Waals surface area contributed by atoms with Crippen molar-refractivity contribution >= 4 is 5.96 Å². The number of guanidine groups is 1. The van der Waals surface area contributed by atoms with Crippen molar-refractivity contribution in [3.8, 4) is 5.75 Å². The summed E-state index contributed by atoms with van der Waals surface area (Å²) in [4.78, 5) is 4.89. The van der Waals surface area contributed by atoms with Crippen LogP contribution in [0.25, 0.3) is 0 Å². The molecule has 1 aromatic rings. The van der Waals surface area contributed by atoms with Gasteiger partial charge in [-0.25, -0.2) is 0 Å². The fraction of sp³-hybridized carbons (Fsp3) is 0.650. The Morgan fingerprint density at radius 1 is 1.24 bits per heavy atom. The number of nitrogens with one attached hydrogen (secondary N) is 2. The minimum atomic E-state index is -0.127. The molecule has 2 saturated carbocycles. The number of methoxy groups -OCH3 is 1. The minimum Gasteiger partial charge on any atom is -0.496 e. The topological polar surface area (TPSA) is 65.9 Å². The Hall–Kier alpha value is -1.75. The lowest BCUT2D eigenvalue weighted by Crippen LogP contribution is -2.45. The minimum absolute atomic E-state index is 0.123. The van der Waals surface area contributed by atoms with E-state index in [0.717, 1.165) is 63.3 Å². The molecule has 0 aromatic heterocycles. The fourth-order valence-corrected chi connectivity index (χ4v) is 3.71. The molecule has 2 aliphatic rings. The second kappa shape index (κ2) is 8.09. The molecule has 3 N–H and O–H groups in total. The SMILES string of the molecule is CCNC(=NCC1(c2ccccc2OC)CC1)NC1CCC(O)CC1. The molecule has 25 heavy (non-hydrogen) atoms. The van der Waals surface area contributed by atoms with E-state index >= 15 is 0 Å². The molecule has 0 saturated heterocycles. The summed E-state index contributed by atoms with van der Waals surface area (Å²) >= 11 is 0. The van der Waals surface area contributed by atoms with Gasteiger partial charge in [0.2, 0.25) is 0 Å². The number of aliphatic hydroxyl groups is 1. The second-order valence-electron chi connectivity index (χ2n) is 7.33. The van der Waals surface area contributed by atoms with Gasteiger partial charge in [0.25, 0.3) is 0 Å². The highest BCUT2D eigenvalue weighted by Gasteiger charge is 2.46. The molecule has 0 aliphatic heterocycles. The van der Waals surface area contributed by atoms with E-state index in [-0.39, 0.29) is 11.5 Å². The van der Waals surface area contributed by atoms with E-state index in [4.69, 9.17) is 9.73 Å². The number of aliphatic imine (C=N–C) groups is 1. The predicted molar refractivity (Wildman–Crippen MR) is 101 cm³/mol. The zero-order valence-electron chi connectivity index (χ0n) is 15.4. The predicted octanol–water partition coefficient (Wildman–Crippen LogP) is 2.59. The van der Waals surface area contributed by atoms with Crippen molar-refractivity contribution < 1.29 is 9.84 Å². The molecule has 0 unspecified atom stereocenters. The number of benzene rings is 1. The van der Waals surface area contributed by atoms with Gasteiger partial charge in [-0.15, -0.1) is 0 Å². The number of ether oxygens (including phenoxy) is 1. The van der Waals surface area contributed by atoms with E-state index < -0.39 is 0 Å². The van der Waals surface area contributed by atoms with Crippen LogP contribution in [0.2, 0.25) is 0 Å². The first-order valence-corrected chi connectivity index (χ1v) is 9.53. The summed E-state index contributed by atoms with van der Waals surface area (Å²) < 4.78 is 5.55. The van der Waals surface area contributed by atoms with Crippen molar-refractivity contribution in [2.75, 3.05) is 20.2 Å². The van der Waals surface area contributed by atoms with Crippen LogP contribution < -0.4 is 15.4 Å². The van der Waals surface area contributed by atoms with Crippen molar-refractivity contribution in [1.82, 2.24) is 10.6 Å². The van der Waals surface area contributed by atoms with Gasteiger partial charge in [0.15, 0.2) is 5.96 Å². The average Bonchev–Trinajstić information content (AvgIpc) is 3.43. The molecule has 3 rings (SSSR count).